The number of benzene rings is 1. The fourth-order valence-electron chi connectivity index (χ4n) is 3.97. The van der Waals surface area contributed by atoms with E-state index in [4.69, 9.17) is 14.2 Å². The van der Waals surface area contributed by atoms with E-state index in [1.54, 1.807) is 25.5 Å². The van der Waals surface area contributed by atoms with Crippen LogP contribution < -0.4 is 15.4 Å². The predicted molar refractivity (Wildman–Crippen MR) is 143 cm³/mol. The minimum absolute atomic E-state index is 0.181. The van der Waals surface area contributed by atoms with E-state index in [2.05, 4.69) is 16.7 Å². The van der Waals surface area contributed by atoms with E-state index in [1.807, 2.05) is 32.0 Å². The molecule has 2 atom stereocenters. The summed E-state index contributed by atoms with van der Waals surface area (Å²) in [5, 5.41) is 6.09. The molecule has 0 aliphatic carbocycles. The summed E-state index contributed by atoms with van der Waals surface area (Å²) in [5.41, 5.74) is 2.05. The topological polar surface area (TPSA) is 89.1 Å². The van der Waals surface area contributed by atoms with Crippen molar-refractivity contribution in [1.82, 2.24) is 15.5 Å². The van der Waals surface area contributed by atoms with Crippen LogP contribution in [0.1, 0.15) is 45.2 Å². The van der Waals surface area contributed by atoms with Crippen molar-refractivity contribution >= 4 is 17.6 Å². The molecule has 0 bridgehead atoms. The van der Waals surface area contributed by atoms with Gasteiger partial charge in [-0.1, -0.05) is 38.1 Å². The maximum atomic E-state index is 14.5. The number of hydrogen-bond acceptors (Lipinski definition) is 6. The van der Waals surface area contributed by atoms with Crippen LogP contribution in [0.15, 0.2) is 48.5 Å². The fraction of sp³-hybridized carbons (Fsp3) is 0.500. The number of hydrogen-bond donors (Lipinski definition) is 2. The molecule has 2 N–H and O–H groups in total. The Kier molecular flexibility index (Phi) is 12.7. The van der Waals surface area contributed by atoms with Gasteiger partial charge in [-0.05, 0) is 37.0 Å². The van der Waals surface area contributed by atoms with Gasteiger partial charge < -0.3 is 29.7 Å². The van der Waals surface area contributed by atoms with Crippen LogP contribution in [0, 0.1) is 5.92 Å². The first-order valence-electron chi connectivity index (χ1n) is 12.8. The minimum Gasteiger partial charge on any atom is -0.501 e. The third kappa shape index (κ3) is 9.57. The van der Waals surface area contributed by atoms with Crippen LogP contribution in [0.2, 0.25) is 0 Å². The molecule has 8 nitrogen and oxygen atoms in total. The lowest BCUT2D eigenvalue weighted by Gasteiger charge is -2.18. The van der Waals surface area contributed by atoms with Crippen molar-refractivity contribution in [3.8, 4) is 5.75 Å². The largest absolute Gasteiger partial charge is 0.501 e. The van der Waals surface area contributed by atoms with Crippen LogP contribution in [0.5, 0.6) is 5.75 Å². The van der Waals surface area contributed by atoms with Gasteiger partial charge in [0.15, 0.2) is 0 Å². The highest BCUT2D eigenvalue weighted by atomic mass is 19.1. The van der Waals surface area contributed by atoms with E-state index in [0.29, 0.717) is 35.9 Å². The van der Waals surface area contributed by atoms with Crippen LogP contribution >= 0.6 is 0 Å². The number of cyclic esters (lactones) is 1. The quantitative estimate of drug-likeness (QED) is 0.418. The standard InChI is InChI=1S/C26H34FN3O5.C2H6/c1-18(27)23(5-4-10-30-17-22(35-26(30)32)16-29-19(2)31)24-7-6-21(13-25(24)33-3)15-28-14-20-8-11-34-12-9-20;1-2/h4-8,11,13,20,22,28H,9-10,12,14-17H2,1-3H3,(H,29,31);1-2H3/b5-4-,23-18-;. The molecule has 2 amide bonds. The number of nitrogens with one attached hydrogen (secondary N) is 2. The summed E-state index contributed by atoms with van der Waals surface area (Å²) in [7, 11) is 1.56. The Morgan fingerprint density at radius 2 is 2.05 bits per heavy atom. The normalized spacial score (nSPS) is 19.5. The van der Waals surface area contributed by atoms with Crippen LogP contribution in [-0.2, 0) is 20.8 Å². The molecule has 37 heavy (non-hydrogen) atoms. The van der Waals surface area contributed by atoms with Gasteiger partial charge in [0.05, 0.1) is 33.1 Å². The van der Waals surface area contributed by atoms with Crippen molar-refractivity contribution in [2.75, 3.05) is 39.9 Å². The number of halogens is 1. The average molecular weight is 518 g/mol. The highest BCUT2D eigenvalue weighted by molar-refractivity contribution is 5.79. The lowest BCUT2D eigenvalue weighted by Crippen LogP contribution is -2.33. The second-order valence-corrected chi connectivity index (χ2v) is 8.61. The van der Waals surface area contributed by atoms with Crippen LogP contribution in [-0.4, -0.2) is 62.9 Å². The van der Waals surface area contributed by atoms with Gasteiger partial charge in [0.25, 0.3) is 0 Å². The first kappa shape index (κ1) is 29.9. The van der Waals surface area contributed by atoms with Crippen molar-refractivity contribution in [2.45, 2.75) is 46.8 Å². The van der Waals surface area contributed by atoms with E-state index >= 15 is 0 Å². The van der Waals surface area contributed by atoms with Gasteiger partial charge in [-0.25, -0.2) is 9.18 Å². The molecule has 1 fully saturated rings. The SMILES string of the molecule is CC.COc1cc(CNCC2C=COCC2)ccc1C(/C=C\CN1CC(CNC(C)=O)OC1=O)=C(/C)F. The van der Waals surface area contributed by atoms with Gasteiger partial charge in [-0.15, -0.1) is 0 Å². The molecule has 1 aromatic rings. The molecule has 2 unspecified atom stereocenters. The molecule has 204 valence electrons. The van der Waals surface area contributed by atoms with Crippen molar-refractivity contribution in [2.24, 2.45) is 5.92 Å². The van der Waals surface area contributed by atoms with E-state index in [9.17, 15) is 14.0 Å². The van der Waals surface area contributed by atoms with Crippen molar-refractivity contribution < 1.29 is 28.2 Å². The molecule has 2 heterocycles. The van der Waals surface area contributed by atoms with Crippen LogP contribution in [0.25, 0.3) is 5.57 Å². The molecule has 0 aromatic heterocycles. The minimum atomic E-state index is -0.460. The Morgan fingerprint density at radius 3 is 2.70 bits per heavy atom. The van der Waals surface area contributed by atoms with Crippen molar-refractivity contribution in [3.63, 3.8) is 0 Å². The number of nitrogens with zero attached hydrogens (tertiary/aromatic N) is 1. The summed E-state index contributed by atoms with van der Waals surface area (Å²) < 4.78 is 30.5. The number of methoxy groups -OCH3 is 1. The van der Waals surface area contributed by atoms with Gasteiger partial charge in [-0.3, -0.25) is 4.79 Å². The van der Waals surface area contributed by atoms with Gasteiger partial charge in [0.1, 0.15) is 17.7 Å². The van der Waals surface area contributed by atoms with Crippen LogP contribution in [0.4, 0.5) is 9.18 Å². The smallest absolute Gasteiger partial charge is 0.410 e. The Bertz CT molecular complexity index is 988. The van der Waals surface area contributed by atoms with E-state index in [0.717, 1.165) is 25.1 Å². The molecule has 2 aliphatic rings. The van der Waals surface area contributed by atoms with E-state index in [1.165, 1.54) is 18.7 Å². The summed E-state index contributed by atoms with van der Waals surface area (Å²) in [6.07, 6.45) is 7.32. The molecular weight excluding hydrogens is 477 g/mol. The summed E-state index contributed by atoms with van der Waals surface area (Å²) in [6, 6.07) is 5.70. The second kappa shape index (κ2) is 15.7. The fourth-order valence-corrected chi connectivity index (χ4v) is 3.97. The number of carbonyl (C=O) groups is 2. The van der Waals surface area contributed by atoms with Gasteiger partial charge in [0, 0.05) is 37.7 Å². The molecular formula is C28H40FN3O5. The maximum absolute atomic E-state index is 14.5. The van der Waals surface area contributed by atoms with Gasteiger partial charge >= 0.3 is 6.09 Å². The number of allylic oxidation sites excluding steroid dienone is 3. The Hall–Kier alpha value is -3.33. The first-order valence-corrected chi connectivity index (χ1v) is 12.8. The van der Waals surface area contributed by atoms with E-state index < -0.39 is 12.2 Å². The summed E-state index contributed by atoms with van der Waals surface area (Å²) in [6.45, 7) is 9.95. The zero-order valence-electron chi connectivity index (χ0n) is 22.5. The number of carbonyl (C=O) groups excluding carboxylic acids is 2. The zero-order valence-corrected chi connectivity index (χ0v) is 22.5. The number of ether oxygens (including phenoxy) is 3. The lowest BCUT2D eigenvalue weighted by atomic mass is 10.0. The average Bonchev–Trinajstić information content (AvgIpc) is 3.26. The third-order valence-electron chi connectivity index (χ3n) is 5.86. The molecule has 1 aromatic carbocycles. The third-order valence-corrected chi connectivity index (χ3v) is 5.86. The Labute approximate surface area is 219 Å². The molecule has 0 saturated carbocycles. The van der Waals surface area contributed by atoms with Crippen LogP contribution in [0.3, 0.4) is 0 Å². The molecule has 0 spiro atoms. The maximum Gasteiger partial charge on any atom is 0.410 e. The monoisotopic (exact) mass is 517 g/mol. The van der Waals surface area contributed by atoms with Crippen molar-refractivity contribution in [3.05, 3.63) is 59.6 Å². The predicted octanol–water partition coefficient (Wildman–Crippen LogP) is 4.57. The van der Waals surface area contributed by atoms with Gasteiger partial charge in [0.2, 0.25) is 5.91 Å². The molecule has 1 saturated heterocycles. The molecule has 2 aliphatic heterocycles. The first-order chi connectivity index (χ1) is 17.9. The summed E-state index contributed by atoms with van der Waals surface area (Å²) in [4.78, 5) is 24.6. The molecule has 9 heteroatoms. The van der Waals surface area contributed by atoms with E-state index in [-0.39, 0.29) is 24.8 Å². The summed E-state index contributed by atoms with van der Waals surface area (Å²) >= 11 is 0. The second-order valence-electron chi connectivity index (χ2n) is 8.61. The zero-order chi connectivity index (χ0) is 27.2. The number of rotatable bonds is 11. The Balaban J connectivity index is 0.00000235. The summed E-state index contributed by atoms with van der Waals surface area (Å²) in [5.74, 6) is 0.485. The molecule has 3 rings (SSSR count). The highest BCUT2D eigenvalue weighted by Crippen LogP contribution is 2.31. The van der Waals surface area contributed by atoms with Crippen molar-refractivity contribution in [1.29, 1.82) is 0 Å². The van der Waals surface area contributed by atoms with Gasteiger partial charge in [-0.2, -0.15) is 0 Å². The number of amides is 2. The highest BCUT2D eigenvalue weighted by Gasteiger charge is 2.30. The Morgan fingerprint density at radius 1 is 1.27 bits per heavy atom. The lowest BCUT2D eigenvalue weighted by molar-refractivity contribution is -0.119. The molecule has 0 radical (unpaired) electrons.